The van der Waals surface area contributed by atoms with E-state index in [1.807, 2.05) is 50.9 Å². The van der Waals surface area contributed by atoms with Gasteiger partial charge in [0.25, 0.3) is 0 Å². The largest absolute Gasteiger partial charge is 0.488 e. The van der Waals surface area contributed by atoms with Crippen LogP contribution in [-0.2, 0) is 30.4 Å². The average molecular weight is 835 g/mol. The molecule has 16 heteroatoms. The smallest absolute Gasteiger partial charge is 0.407 e. The van der Waals surface area contributed by atoms with E-state index in [1.165, 1.54) is 21.3 Å². The average Bonchev–Trinajstić information content (AvgIpc) is 4.08. The zero-order valence-corrected chi connectivity index (χ0v) is 35.8. The molecule has 0 aliphatic carbocycles. The van der Waals surface area contributed by atoms with Gasteiger partial charge in [0.05, 0.1) is 55.3 Å². The molecule has 5 heterocycles. The number of H-pyrrole nitrogens is 2. The second-order valence-corrected chi connectivity index (χ2v) is 16.8. The molecule has 7 atom stereocenters. The van der Waals surface area contributed by atoms with Gasteiger partial charge in [-0.2, -0.15) is 0 Å². The van der Waals surface area contributed by atoms with Crippen molar-refractivity contribution in [1.82, 2.24) is 40.4 Å². The molecule has 1 unspecified atom stereocenters. The molecule has 8 rings (SSSR count). The van der Waals surface area contributed by atoms with Crippen molar-refractivity contribution in [3.8, 4) is 28.1 Å². The van der Waals surface area contributed by atoms with Crippen molar-refractivity contribution < 1.29 is 38.1 Å². The molecule has 2 aromatic heterocycles. The molecule has 0 saturated carbocycles. The summed E-state index contributed by atoms with van der Waals surface area (Å²) in [5, 5.41) is 7.32. The molecule has 2 fully saturated rings. The monoisotopic (exact) mass is 834 g/mol. The number of imidazole rings is 2. The maximum atomic E-state index is 14.0. The predicted molar refractivity (Wildman–Crippen MR) is 227 cm³/mol. The molecule has 3 aliphatic rings. The SMILES string of the molecule is COC(=O)NC(C(=O)N1[C@@H](C)CC[C@H]1c1ncc(-c2ccc3c(c2)COc2cc4c(ccc5[nH]c([C@@H]6CC[C@H](C)N6C(=O)[C@@H](NC(=O)OC)[C@@H](C)OC)nc54)cc2-3)[nH]1)C(C)C. The van der Waals surface area contributed by atoms with Gasteiger partial charge in [-0.05, 0) is 98.7 Å². The summed E-state index contributed by atoms with van der Waals surface area (Å²) in [6.07, 6.45) is 2.94. The fourth-order valence-electron chi connectivity index (χ4n) is 9.25. The van der Waals surface area contributed by atoms with Crippen LogP contribution in [0.1, 0.15) is 89.6 Å². The van der Waals surface area contributed by atoms with Gasteiger partial charge in [0.2, 0.25) is 11.8 Å². The number of methoxy groups -OCH3 is 3. The van der Waals surface area contributed by atoms with E-state index >= 15 is 0 Å². The Balaban J connectivity index is 1.05. The standard InChI is InChI=1S/C45H54N8O8/c1-22(2)37(50-44(56)59-7)42(54)52-23(3)9-15-34(52)40-46-20-33(48-40)27-11-13-29-28(17-27)21-61-36-19-30-26(18-31(29)36)12-14-32-39(30)49-41(47-32)35-16-10-24(4)53(35)43(55)38(25(5)58-6)51-45(57)60-8/h11-14,17-20,22-25,34-35,37-38H,9-10,15-16,21H2,1-8H3,(H,46,48)(H,47,49)(H,50,56)(H,51,57)/t23-,24-,25+,34-,35-,37?,38-/m0/s1. The Labute approximate surface area is 354 Å². The number of aromatic amines is 2. The fourth-order valence-corrected chi connectivity index (χ4v) is 9.25. The van der Waals surface area contributed by atoms with Crippen LogP contribution in [0.5, 0.6) is 5.75 Å². The lowest BCUT2D eigenvalue weighted by atomic mass is 9.92. The number of carbonyl (C=O) groups excluding carboxylic acids is 4. The molecule has 4 N–H and O–H groups in total. The summed E-state index contributed by atoms with van der Waals surface area (Å²) < 4.78 is 21.5. The number of fused-ring (bicyclic) bond motifs is 6. The summed E-state index contributed by atoms with van der Waals surface area (Å²) in [6, 6.07) is 12.2. The Kier molecular flexibility index (Phi) is 11.4. The Morgan fingerprint density at radius 2 is 1.44 bits per heavy atom. The second-order valence-electron chi connectivity index (χ2n) is 16.8. The number of alkyl carbamates (subject to hydrolysis) is 2. The normalized spacial score (nSPS) is 21.1. The second kappa shape index (κ2) is 16.7. The molecule has 2 saturated heterocycles. The highest BCUT2D eigenvalue weighted by molar-refractivity contribution is 6.07. The summed E-state index contributed by atoms with van der Waals surface area (Å²) in [6.45, 7) is 9.95. The topological polar surface area (TPSA) is 193 Å². The van der Waals surface area contributed by atoms with Gasteiger partial charge >= 0.3 is 12.2 Å². The van der Waals surface area contributed by atoms with E-state index in [4.69, 9.17) is 28.9 Å². The van der Waals surface area contributed by atoms with Gasteiger partial charge in [0.1, 0.15) is 36.1 Å². The van der Waals surface area contributed by atoms with Crippen LogP contribution in [-0.4, -0.2) is 105 Å². The Morgan fingerprint density at radius 3 is 2.10 bits per heavy atom. The lowest BCUT2D eigenvalue weighted by Gasteiger charge is -2.33. The maximum absolute atomic E-state index is 14.0. The van der Waals surface area contributed by atoms with Crippen molar-refractivity contribution in [2.45, 2.75) is 109 Å². The van der Waals surface area contributed by atoms with Crippen LogP contribution in [0.4, 0.5) is 9.59 Å². The minimum Gasteiger partial charge on any atom is -0.488 e. The van der Waals surface area contributed by atoms with Crippen LogP contribution >= 0.6 is 0 Å². The first kappa shape index (κ1) is 41.6. The van der Waals surface area contributed by atoms with Crippen molar-refractivity contribution in [1.29, 1.82) is 0 Å². The molecule has 0 radical (unpaired) electrons. The molecule has 4 amide bonds. The number of hydrogen-bond donors (Lipinski definition) is 4. The van der Waals surface area contributed by atoms with Crippen LogP contribution in [0.3, 0.4) is 0 Å². The predicted octanol–water partition coefficient (Wildman–Crippen LogP) is 6.91. The van der Waals surface area contributed by atoms with E-state index in [-0.39, 0.29) is 41.9 Å². The van der Waals surface area contributed by atoms with Gasteiger partial charge in [-0.15, -0.1) is 0 Å². The van der Waals surface area contributed by atoms with Gasteiger partial charge in [-0.1, -0.05) is 32.0 Å². The molecule has 0 spiro atoms. The number of rotatable bonds is 10. The molecule has 0 bridgehead atoms. The van der Waals surface area contributed by atoms with Crippen LogP contribution in [0.15, 0.2) is 48.7 Å². The van der Waals surface area contributed by atoms with Gasteiger partial charge < -0.3 is 49.3 Å². The number of amides is 4. The van der Waals surface area contributed by atoms with Crippen molar-refractivity contribution in [3.05, 3.63) is 65.9 Å². The lowest BCUT2D eigenvalue weighted by molar-refractivity contribution is -0.139. The Morgan fingerprint density at radius 1 is 0.787 bits per heavy atom. The third-order valence-electron chi connectivity index (χ3n) is 12.7. The van der Waals surface area contributed by atoms with Gasteiger partial charge in [0.15, 0.2) is 0 Å². The van der Waals surface area contributed by atoms with E-state index in [2.05, 4.69) is 50.9 Å². The van der Waals surface area contributed by atoms with E-state index in [1.54, 1.807) is 11.8 Å². The summed E-state index contributed by atoms with van der Waals surface area (Å²) in [5.74, 6) is 1.59. The molecular formula is C45H54N8O8. The number of hydrogen-bond acceptors (Lipinski definition) is 10. The van der Waals surface area contributed by atoms with Gasteiger partial charge in [0, 0.05) is 30.1 Å². The molecule has 5 aromatic rings. The summed E-state index contributed by atoms with van der Waals surface area (Å²) >= 11 is 0. The van der Waals surface area contributed by atoms with E-state index in [0.717, 1.165) is 74.8 Å². The Bertz CT molecular complexity index is 2500. The van der Waals surface area contributed by atoms with Crippen molar-refractivity contribution in [3.63, 3.8) is 0 Å². The number of aromatic nitrogens is 4. The highest BCUT2D eigenvalue weighted by Crippen LogP contribution is 2.44. The summed E-state index contributed by atoms with van der Waals surface area (Å²) in [7, 11) is 4.06. The van der Waals surface area contributed by atoms with E-state index in [0.29, 0.717) is 24.7 Å². The molecule has 3 aromatic carbocycles. The van der Waals surface area contributed by atoms with Gasteiger partial charge in [-0.3, -0.25) is 9.59 Å². The molecular weight excluding hydrogens is 781 g/mol. The first-order valence-corrected chi connectivity index (χ1v) is 21.0. The number of ether oxygens (including phenoxy) is 4. The zero-order chi connectivity index (χ0) is 43.3. The van der Waals surface area contributed by atoms with Crippen molar-refractivity contribution in [2.75, 3.05) is 21.3 Å². The summed E-state index contributed by atoms with van der Waals surface area (Å²) in [4.78, 5) is 72.7. The number of benzene rings is 3. The third-order valence-corrected chi connectivity index (χ3v) is 12.7. The Hall–Kier alpha value is -6.16. The van der Waals surface area contributed by atoms with E-state index < -0.39 is 30.4 Å². The van der Waals surface area contributed by atoms with Crippen molar-refractivity contribution in [2.24, 2.45) is 5.92 Å². The molecule has 61 heavy (non-hydrogen) atoms. The number of nitrogens with zero attached hydrogens (tertiary/aromatic N) is 4. The minimum absolute atomic E-state index is 0.0198. The first-order chi connectivity index (χ1) is 29.3. The maximum Gasteiger partial charge on any atom is 0.407 e. The molecule has 322 valence electrons. The number of likely N-dealkylation sites (tertiary alicyclic amines) is 2. The fraction of sp³-hybridized carbons (Fsp3) is 0.467. The van der Waals surface area contributed by atoms with Crippen LogP contribution in [0, 0.1) is 5.92 Å². The molecule has 16 nitrogen and oxygen atoms in total. The quantitative estimate of drug-likeness (QED) is 0.115. The number of carbonyl (C=O) groups is 4. The molecule has 3 aliphatic heterocycles. The highest BCUT2D eigenvalue weighted by Gasteiger charge is 2.43. The van der Waals surface area contributed by atoms with E-state index in [9.17, 15) is 19.2 Å². The van der Waals surface area contributed by atoms with Crippen LogP contribution in [0.2, 0.25) is 0 Å². The van der Waals surface area contributed by atoms with Crippen molar-refractivity contribution >= 4 is 45.8 Å². The lowest BCUT2D eigenvalue weighted by Crippen LogP contribution is -2.55. The number of nitrogens with one attached hydrogen (secondary N) is 4. The zero-order valence-electron chi connectivity index (χ0n) is 35.8. The van der Waals surface area contributed by atoms with Crippen LogP contribution in [0.25, 0.3) is 44.2 Å². The summed E-state index contributed by atoms with van der Waals surface area (Å²) in [5.41, 5.74) is 6.50. The third kappa shape index (κ3) is 7.62. The minimum atomic E-state index is -0.934. The van der Waals surface area contributed by atoms with Crippen LogP contribution < -0.4 is 15.4 Å². The highest BCUT2D eigenvalue weighted by atomic mass is 16.5. The first-order valence-electron chi connectivity index (χ1n) is 21.0. The van der Waals surface area contributed by atoms with Gasteiger partial charge in [-0.25, -0.2) is 19.6 Å².